The minimum atomic E-state index is -1.75. The number of phenolic OH excluding ortho intramolecular Hbond substituents is 1. The number of aliphatic hydroxyl groups is 1. The zero-order chi connectivity index (χ0) is 29.1. The molecule has 5 unspecified atom stereocenters. The molecule has 13 heteroatoms. The van der Waals surface area contributed by atoms with Crippen LogP contribution in [0.25, 0.3) is 0 Å². The highest BCUT2D eigenvalue weighted by Crippen LogP contribution is 2.12. The van der Waals surface area contributed by atoms with Gasteiger partial charge in [0.05, 0.1) is 12.5 Å². The molecule has 2 aromatic rings. The number of carboxylic acid groups (broad SMARTS) is 2. The van der Waals surface area contributed by atoms with Crippen LogP contribution in [0.2, 0.25) is 0 Å². The van der Waals surface area contributed by atoms with E-state index in [0.29, 0.717) is 11.1 Å². The Morgan fingerprint density at radius 2 is 1.21 bits per heavy atom. The van der Waals surface area contributed by atoms with Crippen molar-refractivity contribution in [1.29, 1.82) is 0 Å². The Morgan fingerprint density at radius 1 is 0.744 bits per heavy atom. The number of carbonyl (C=O) groups is 5. The number of rotatable bonds is 14. The molecular weight excluding hydrogens is 512 g/mol. The summed E-state index contributed by atoms with van der Waals surface area (Å²) < 4.78 is 0. The van der Waals surface area contributed by atoms with Crippen molar-refractivity contribution in [1.82, 2.24) is 16.0 Å². The van der Waals surface area contributed by atoms with Gasteiger partial charge in [-0.3, -0.25) is 19.2 Å². The first kappa shape index (κ1) is 30.7. The molecule has 0 aliphatic heterocycles. The van der Waals surface area contributed by atoms with E-state index in [4.69, 9.17) is 10.8 Å². The summed E-state index contributed by atoms with van der Waals surface area (Å²) in [6.45, 7) is 1.30. The fraction of sp³-hybridized carbons (Fsp3) is 0.346. The molecule has 9 N–H and O–H groups in total. The quantitative estimate of drug-likeness (QED) is 0.143. The maximum absolute atomic E-state index is 13.4. The Morgan fingerprint density at radius 3 is 1.67 bits per heavy atom. The first-order valence-corrected chi connectivity index (χ1v) is 12.0. The average molecular weight is 545 g/mol. The van der Waals surface area contributed by atoms with Gasteiger partial charge >= 0.3 is 11.9 Å². The molecule has 0 saturated carbocycles. The van der Waals surface area contributed by atoms with Crippen LogP contribution >= 0.6 is 0 Å². The van der Waals surface area contributed by atoms with Crippen LogP contribution in [0.1, 0.15) is 24.5 Å². The van der Waals surface area contributed by atoms with Crippen molar-refractivity contribution >= 4 is 29.7 Å². The van der Waals surface area contributed by atoms with E-state index in [1.165, 1.54) is 31.2 Å². The normalized spacial score (nSPS) is 14.6. The van der Waals surface area contributed by atoms with Crippen molar-refractivity contribution in [2.24, 2.45) is 5.73 Å². The molecule has 0 radical (unpaired) electrons. The Balaban J connectivity index is 2.33. The third-order valence-corrected chi connectivity index (χ3v) is 5.74. The van der Waals surface area contributed by atoms with Gasteiger partial charge in [-0.2, -0.15) is 0 Å². The van der Waals surface area contributed by atoms with Crippen LogP contribution in [0, 0.1) is 0 Å². The second-order valence-corrected chi connectivity index (χ2v) is 8.95. The summed E-state index contributed by atoms with van der Waals surface area (Å²) in [4.78, 5) is 61.5. The predicted molar refractivity (Wildman–Crippen MR) is 137 cm³/mol. The summed E-state index contributed by atoms with van der Waals surface area (Å²) in [6.07, 6.45) is -2.27. The number of hydrogen-bond acceptors (Lipinski definition) is 8. The van der Waals surface area contributed by atoms with Gasteiger partial charge in [-0.05, 0) is 30.2 Å². The monoisotopic (exact) mass is 544 g/mol. The summed E-state index contributed by atoms with van der Waals surface area (Å²) in [7, 11) is 0. The van der Waals surface area contributed by atoms with Crippen molar-refractivity contribution in [3.63, 3.8) is 0 Å². The van der Waals surface area contributed by atoms with Crippen LogP contribution in [-0.4, -0.2) is 80.4 Å². The molecule has 0 bridgehead atoms. The number of phenols is 1. The molecule has 2 rings (SSSR count). The number of nitrogens with two attached hydrogens (primary N) is 1. The second kappa shape index (κ2) is 14.4. The van der Waals surface area contributed by atoms with Crippen LogP contribution in [0.5, 0.6) is 5.75 Å². The highest BCUT2D eigenvalue weighted by Gasteiger charge is 2.32. The van der Waals surface area contributed by atoms with Gasteiger partial charge in [0, 0.05) is 12.8 Å². The van der Waals surface area contributed by atoms with Crippen molar-refractivity contribution in [3.8, 4) is 5.75 Å². The first-order chi connectivity index (χ1) is 18.4. The topological polar surface area (TPSA) is 228 Å². The smallest absolute Gasteiger partial charge is 0.326 e. The first-order valence-electron chi connectivity index (χ1n) is 12.0. The summed E-state index contributed by atoms with van der Waals surface area (Å²) in [6, 6.07) is 8.56. The number of carbonyl (C=O) groups excluding carboxylic acids is 3. The fourth-order valence-electron chi connectivity index (χ4n) is 3.54. The van der Waals surface area contributed by atoms with Crippen molar-refractivity contribution in [3.05, 3.63) is 65.7 Å². The van der Waals surface area contributed by atoms with Gasteiger partial charge in [0.1, 0.15) is 29.9 Å². The number of aliphatic carboxylic acids is 2. The molecular formula is C26H32N4O9. The molecule has 0 fully saturated rings. The molecule has 13 nitrogen and oxygen atoms in total. The highest BCUT2D eigenvalue weighted by atomic mass is 16.4. The maximum Gasteiger partial charge on any atom is 0.326 e. The van der Waals surface area contributed by atoms with Gasteiger partial charge in [-0.15, -0.1) is 0 Å². The SMILES string of the molecule is CC(O)C(N)C(=O)NC(Cc1ccc(O)cc1)C(=O)NC(Cc1ccccc1)C(=O)NC(CC(=O)O)C(=O)O. The summed E-state index contributed by atoms with van der Waals surface area (Å²) in [5.74, 6) is -5.64. The van der Waals surface area contributed by atoms with Gasteiger partial charge in [0.2, 0.25) is 17.7 Å². The van der Waals surface area contributed by atoms with Gasteiger partial charge in [-0.25, -0.2) is 4.79 Å². The standard InChI is InChI=1S/C26H32N4O9/c1-14(31)22(27)25(37)29-19(12-16-7-9-17(32)10-8-16)23(35)28-18(11-15-5-3-2-4-6-15)24(36)30-20(26(38)39)13-21(33)34/h2-10,14,18-20,22,31-32H,11-13,27H2,1H3,(H,28,35)(H,29,37)(H,30,36)(H,33,34)(H,38,39). The number of nitrogens with one attached hydrogen (secondary N) is 3. The molecule has 0 aromatic heterocycles. The number of carboxylic acids is 2. The summed E-state index contributed by atoms with van der Waals surface area (Å²) in [5, 5.41) is 44.7. The van der Waals surface area contributed by atoms with E-state index in [1.54, 1.807) is 30.3 Å². The van der Waals surface area contributed by atoms with E-state index in [-0.39, 0.29) is 18.6 Å². The number of amides is 3. The third kappa shape index (κ3) is 10.1. The van der Waals surface area contributed by atoms with E-state index < -0.39 is 66.4 Å². The number of benzene rings is 2. The lowest BCUT2D eigenvalue weighted by Gasteiger charge is -2.25. The van der Waals surface area contributed by atoms with Gasteiger partial charge < -0.3 is 42.1 Å². The van der Waals surface area contributed by atoms with Gasteiger partial charge in [0.15, 0.2) is 0 Å². The van der Waals surface area contributed by atoms with Crippen LogP contribution in [0.4, 0.5) is 0 Å². The van der Waals surface area contributed by atoms with Gasteiger partial charge in [0.25, 0.3) is 0 Å². The van der Waals surface area contributed by atoms with Crippen molar-refractivity contribution in [2.45, 2.75) is 56.5 Å². The molecule has 0 aliphatic carbocycles. The fourth-order valence-corrected chi connectivity index (χ4v) is 3.54. The van der Waals surface area contributed by atoms with E-state index in [0.717, 1.165) is 0 Å². The zero-order valence-corrected chi connectivity index (χ0v) is 21.1. The number of aromatic hydroxyl groups is 1. The largest absolute Gasteiger partial charge is 0.508 e. The Hall–Kier alpha value is -4.49. The molecule has 2 aromatic carbocycles. The van der Waals surface area contributed by atoms with Crippen LogP contribution in [-0.2, 0) is 36.8 Å². The molecule has 3 amide bonds. The predicted octanol–water partition coefficient (Wildman–Crippen LogP) is -1.10. The van der Waals surface area contributed by atoms with E-state index >= 15 is 0 Å². The highest BCUT2D eigenvalue weighted by molar-refractivity contribution is 5.95. The van der Waals surface area contributed by atoms with Crippen molar-refractivity contribution < 1.29 is 44.4 Å². The zero-order valence-electron chi connectivity index (χ0n) is 21.1. The number of aliphatic hydroxyl groups excluding tert-OH is 1. The van der Waals surface area contributed by atoms with Crippen molar-refractivity contribution in [2.75, 3.05) is 0 Å². The lowest BCUT2D eigenvalue weighted by molar-refractivity contribution is -0.147. The van der Waals surface area contributed by atoms with Crippen LogP contribution in [0.3, 0.4) is 0 Å². The van der Waals surface area contributed by atoms with E-state index in [2.05, 4.69) is 16.0 Å². The van der Waals surface area contributed by atoms with E-state index in [9.17, 15) is 39.3 Å². The lowest BCUT2D eigenvalue weighted by Crippen LogP contribution is -2.59. The van der Waals surface area contributed by atoms with E-state index in [1.807, 2.05) is 0 Å². The molecule has 5 atom stereocenters. The molecule has 0 aliphatic rings. The Labute approximate surface area is 224 Å². The minimum Gasteiger partial charge on any atom is -0.508 e. The van der Waals surface area contributed by atoms with Gasteiger partial charge in [-0.1, -0.05) is 42.5 Å². The lowest BCUT2D eigenvalue weighted by atomic mass is 10.0. The molecule has 0 heterocycles. The maximum atomic E-state index is 13.4. The summed E-state index contributed by atoms with van der Waals surface area (Å²) >= 11 is 0. The molecule has 0 spiro atoms. The van der Waals surface area contributed by atoms with Crippen LogP contribution in [0.15, 0.2) is 54.6 Å². The van der Waals surface area contributed by atoms with Crippen LogP contribution < -0.4 is 21.7 Å². The third-order valence-electron chi connectivity index (χ3n) is 5.74. The molecule has 39 heavy (non-hydrogen) atoms. The summed E-state index contributed by atoms with van der Waals surface area (Å²) in [5.41, 5.74) is 6.85. The second-order valence-electron chi connectivity index (χ2n) is 8.95. The Kier molecular flexibility index (Phi) is 11.4. The minimum absolute atomic E-state index is 0.0196. The average Bonchev–Trinajstić information content (AvgIpc) is 2.88. The Bertz CT molecular complexity index is 1160. The molecule has 210 valence electrons. The molecule has 0 saturated heterocycles. The number of hydrogen-bond donors (Lipinski definition) is 8.